The number of morpholine rings is 1. The van der Waals surface area contributed by atoms with Crippen LogP contribution in [0.4, 0.5) is 0 Å². The molecule has 0 radical (unpaired) electrons. The third-order valence-electron chi connectivity index (χ3n) is 3.67. The van der Waals surface area contributed by atoms with Gasteiger partial charge in [-0.25, -0.2) is 0 Å². The predicted octanol–water partition coefficient (Wildman–Crippen LogP) is 0.745. The maximum Gasteiger partial charge on any atom is 0.106 e. The van der Waals surface area contributed by atoms with E-state index in [1.165, 1.54) is 12.8 Å². The molecule has 0 amide bonds. The van der Waals surface area contributed by atoms with E-state index in [2.05, 4.69) is 16.3 Å². The molecular weight excluding hydrogens is 202 g/mol. The third kappa shape index (κ3) is 2.94. The normalized spacial score (nSPS) is 25.4. The van der Waals surface area contributed by atoms with Gasteiger partial charge in [0.15, 0.2) is 0 Å². The first kappa shape index (κ1) is 11.8. The molecule has 2 aliphatic rings. The average Bonchev–Trinajstić information content (AvgIpc) is 2.80. The first-order chi connectivity index (χ1) is 7.85. The van der Waals surface area contributed by atoms with E-state index in [4.69, 9.17) is 4.74 Å². The van der Waals surface area contributed by atoms with Crippen LogP contribution in [-0.2, 0) is 4.74 Å². The highest BCUT2D eigenvalue weighted by atomic mass is 16.5. The molecule has 0 atom stereocenters. The quantitative estimate of drug-likeness (QED) is 0.764. The maximum absolute atomic E-state index is 9.21. The zero-order valence-corrected chi connectivity index (χ0v) is 9.87. The van der Waals surface area contributed by atoms with Crippen molar-refractivity contribution in [3.63, 3.8) is 0 Å². The molecule has 1 aliphatic carbocycles. The summed E-state index contributed by atoms with van der Waals surface area (Å²) in [5.41, 5.74) is -0.216. The maximum atomic E-state index is 9.21. The highest BCUT2D eigenvalue weighted by Crippen LogP contribution is 2.28. The van der Waals surface area contributed by atoms with Crippen molar-refractivity contribution in [1.82, 2.24) is 10.2 Å². The topological polar surface area (TPSA) is 48.3 Å². The zero-order valence-electron chi connectivity index (χ0n) is 9.87. The van der Waals surface area contributed by atoms with Crippen LogP contribution in [0.3, 0.4) is 0 Å². The number of hydrogen-bond acceptors (Lipinski definition) is 4. The van der Waals surface area contributed by atoms with Crippen LogP contribution in [-0.4, -0.2) is 49.8 Å². The molecule has 90 valence electrons. The Balaban J connectivity index is 1.68. The Hall–Kier alpha value is -0.630. The first-order valence-corrected chi connectivity index (χ1v) is 6.31. The van der Waals surface area contributed by atoms with E-state index < -0.39 is 0 Å². The Morgan fingerprint density at radius 1 is 1.25 bits per heavy atom. The van der Waals surface area contributed by atoms with E-state index in [1.807, 2.05) is 0 Å². The molecule has 0 unspecified atom stereocenters. The molecule has 0 aromatic carbocycles. The summed E-state index contributed by atoms with van der Waals surface area (Å²) in [6.45, 7) is 5.72. The zero-order chi connectivity index (χ0) is 11.3. The Bertz CT molecular complexity index is 249. The van der Waals surface area contributed by atoms with Crippen molar-refractivity contribution in [1.29, 1.82) is 5.26 Å². The van der Waals surface area contributed by atoms with Crippen LogP contribution in [0, 0.1) is 11.3 Å². The molecule has 0 aromatic heterocycles. The second-order valence-corrected chi connectivity index (χ2v) is 4.78. The summed E-state index contributed by atoms with van der Waals surface area (Å²) < 4.78 is 5.31. The standard InChI is InChI=1S/C12H21N3O/c13-11-12(3-1-2-4-12)14-5-6-15-7-9-16-10-8-15/h14H,1-10H2. The van der Waals surface area contributed by atoms with E-state index in [0.717, 1.165) is 52.2 Å². The lowest BCUT2D eigenvalue weighted by atomic mass is 10.00. The van der Waals surface area contributed by atoms with Gasteiger partial charge < -0.3 is 4.74 Å². The van der Waals surface area contributed by atoms with Crippen molar-refractivity contribution in [2.24, 2.45) is 0 Å². The largest absolute Gasteiger partial charge is 0.379 e. The summed E-state index contributed by atoms with van der Waals surface area (Å²) in [5.74, 6) is 0. The number of ether oxygens (including phenoxy) is 1. The first-order valence-electron chi connectivity index (χ1n) is 6.31. The highest BCUT2D eigenvalue weighted by Gasteiger charge is 2.33. The summed E-state index contributed by atoms with van der Waals surface area (Å²) in [4.78, 5) is 2.40. The number of nitrogens with zero attached hydrogens (tertiary/aromatic N) is 2. The van der Waals surface area contributed by atoms with Gasteiger partial charge in [0.2, 0.25) is 0 Å². The summed E-state index contributed by atoms with van der Waals surface area (Å²) in [6.07, 6.45) is 4.43. The van der Waals surface area contributed by atoms with Gasteiger partial charge in [0, 0.05) is 26.2 Å². The van der Waals surface area contributed by atoms with Crippen molar-refractivity contribution in [2.75, 3.05) is 39.4 Å². The molecule has 1 heterocycles. The van der Waals surface area contributed by atoms with E-state index in [1.54, 1.807) is 0 Å². The minimum Gasteiger partial charge on any atom is -0.379 e. The molecule has 1 saturated heterocycles. The van der Waals surface area contributed by atoms with Crippen molar-refractivity contribution in [3.8, 4) is 6.07 Å². The molecule has 0 aromatic rings. The molecular formula is C12H21N3O. The third-order valence-corrected chi connectivity index (χ3v) is 3.67. The molecule has 0 spiro atoms. The van der Waals surface area contributed by atoms with Gasteiger partial charge in [0.25, 0.3) is 0 Å². The second-order valence-electron chi connectivity index (χ2n) is 4.78. The number of nitrogens with one attached hydrogen (secondary N) is 1. The van der Waals surface area contributed by atoms with Gasteiger partial charge in [0.05, 0.1) is 19.3 Å². The van der Waals surface area contributed by atoms with Crippen molar-refractivity contribution >= 4 is 0 Å². The monoisotopic (exact) mass is 223 g/mol. The molecule has 1 aliphatic heterocycles. The number of rotatable bonds is 4. The van der Waals surface area contributed by atoms with Gasteiger partial charge in [0.1, 0.15) is 5.54 Å². The Morgan fingerprint density at radius 3 is 2.56 bits per heavy atom. The Morgan fingerprint density at radius 2 is 1.94 bits per heavy atom. The molecule has 2 rings (SSSR count). The van der Waals surface area contributed by atoms with E-state index >= 15 is 0 Å². The number of hydrogen-bond donors (Lipinski definition) is 1. The van der Waals surface area contributed by atoms with E-state index in [9.17, 15) is 5.26 Å². The van der Waals surface area contributed by atoms with Crippen LogP contribution < -0.4 is 5.32 Å². The van der Waals surface area contributed by atoms with Crippen LogP contribution in [0.1, 0.15) is 25.7 Å². The molecule has 4 nitrogen and oxygen atoms in total. The molecule has 4 heteroatoms. The lowest BCUT2D eigenvalue weighted by Gasteiger charge is -2.29. The van der Waals surface area contributed by atoms with Gasteiger partial charge in [-0.3, -0.25) is 10.2 Å². The minimum atomic E-state index is -0.216. The molecule has 16 heavy (non-hydrogen) atoms. The van der Waals surface area contributed by atoms with Crippen LogP contribution in [0.2, 0.25) is 0 Å². The Labute approximate surface area is 97.6 Å². The SMILES string of the molecule is N#CC1(NCCN2CCOCC2)CCCC1. The van der Waals surface area contributed by atoms with Gasteiger partial charge in [-0.05, 0) is 12.8 Å². The minimum absolute atomic E-state index is 0.216. The summed E-state index contributed by atoms with van der Waals surface area (Å²) in [6, 6.07) is 2.46. The summed E-state index contributed by atoms with van der Waals surface area (Å²) >= 11 is 0. The lowest BCUT2D eigenvalue weighted by molar-refractivity contribution is 0.0378. The van der Waals surface area contributed by atoms with Crippen LogP contribution >= 0.6 is 0 Å². The molecule has 2 fully saturated rings. The van der Waals surface area contributed by atoms with Crippen molar-refractivity contribution in [3.05, 3.63) is 0 Å². The molecule has 1 N–H and O–H groups in total. The smallest absolute Gasteiger partial charge is 0.106 e. The fourth-order valence-electron chi connectivity index (χ4n) is 2.58. The van der Waals surface area contributed by atoms with Crippen LogP contribution in [0.25, 0.3) is 0 Å². The van der Waals surface area contributed by atoms with Gasteiger partial charge >= 0.3 is 0 Å². The lowest BCUT2D eigenvalue weighted by Crippen LogP contribution is -2.47. The van der Waals surface area contributed by atoms with Crippen LogP contribution in [0.5, 0.6) is 0 Å². The fraction of sp³-hybridized carbons (Fsp3) is 0.917. The Kier molecular flexibility index (Phi) is 4.16. The van der Waals surface area contributed by atoms with Crippen LogP contribution in [0.15, 0.2) is 0 Å². The van der Waals surface area contributed by atoms with Crippen molar-refractivity contribution < 1.29 is 4.74 Å². The number of nitriles is 1. The van der Waals surface area contributed by atoms with E-state index in [-0.39, 0.29) is 5.54 Å². The van der Waals surface area contributed by atoms with Gasteiger partial charge in [-0.1, -0.05) is 12.8 Å². The van der Waals surface area contributed by atoms with Crippen molar-refractivity contribution in [2.45, 2.75) is 31.2 Å². The summed E-state index contributed by atoms with van der Waals surface area (Å²) in [7, 11) is 0. The molecule has 1 saturated carbocycles. The van der Waals surface area contributed by atoms with Gasteiger partial charge in [-0.15, -0.1) is 0 Å². The van der Waals surface area contributed by atoms with E-state index in [0.29, 0.717) is 0 Å². The summed E-state index contributed by atoms with van der Waals surface area (Å²) in [5, 5.41) is 12.7. The van der Waals surface area contributed by atoms with Gasteiger partial charge in [-0.2, -0.15) is 5.26 Å². The highest BCUT2D eigenvalue weighted by molar-refractivity contribution is 5.09. The average molecular weight is 223 g/mol. The predicted molar refractivity (Wildman–Crippen MR) is 62.1 cm³/mol. The molecule has 0 bridgehead atoms. The fourth-order valence-corrected chi connectivity index (χ4v) is 2.58. The second kappa shape index (κ2) is 5.62.